The zero-order valence-electron chi connectivity index (χ0n) is 18.0. The Kier molecular flexibility index (Phi) is 12.2. The highest BCUT2D eigenvalue weighted by Gasteiger charge is 2.22. The quantitative estimate of drug-likeness (QED) is 0.518. The zero-order chi connectivity index (χ0) is 20.1. The molecule has 2 heterocycles. The van der Waals surface area contributed by atoms with Gasteiger partial charge in [-0.05, 0) is 26.7 Å². The maximum atomic E-state index is 5.87. The summed E-state index contributed by atoms with van der Waals surface area (Å²) >= 11 is 1.91. The van der Waals surface area contributed by atoms with E-state index < -0.39 is 0 Å². The molecule has 0 saturated carbocycles. The number of unbranched alkanes of at least 4 members (excludes halogenated alkanes) is 1. The van der Waals surface area contributed by atoms with Gasteiger partial charge < -0.3 is 9.26 Å². The standard InChI is InChI=1S/C17H21NO2S.C4H10.C2H6/c1-12-8-9-15(19-12)10-21-11-16-13(2)18-20-17(16)14-6-4-3-5-7-14;1-3-4-2;1-2/h3-7,12,15H,8-11H2,1-2H3;3-4H2,1-2H3;1-2H3. The van der Waals surface area contributed by atoms with E-state index >= 15 is 0 Å². The average molecular weight is 392 g/mol. The lowest BCUT2D eigenvalue weighted by atomic mass is 10.1. The molecular formula is C23H37NO2S. The van der Waals surface area contributed by atoms with E-state index in [4.69, 9.17) is 9.26 Å². The first-order valence-electron chi connectivity index (χ1n) is 10.4. The van der Waals surface area contributed by atoms with E-state index in [1.165, 1.54) is 31.2 Å². The van der Waals surface area contributed by atoms with Gasteiger partial charge in [0.15, 0.2) is 5.76 Å². The Balaban J connectivity index is 0.000000541. The maximum Gasteiger partial charge on any atom is 0.171 e. The molecule has 3 nitrogen and oxygen atoms in total. The SMILES string of the molecule is CC.CCCC.Cc1noc(-c2ccccc2)c1CSCC1CCC(C)O1. The molecule has 1 aliphatic heterocycles. The number of hydrogen-bond donors (Lipinski definition) is 0. The van der Waals surface area contributed by atoms with Gasteiger partial charge in [0.1, 0.15) is 0 Å². The van der Waals surface area contributed by atoms with Crippen LogP contribution < -0.4 is 0 Å². The highest BCUT2D eigenvalue weighted by Crippen LogP contribution is 2.30. The van der Waals surface area contributed by atoms with E-state index in [-0.39, 0.29) is 0 Å². The first-order valence-corrected chi connectivity index (χ1v) is 11.5. The summed E-state index contributed by atoms with van der Waals surface area (Å²) in [6.45, 7) is 12.5. The van der Waals surface area contributed by atoms with E-state index in [2.05, 4.69) is 38.1 Å². The van der Waals surface area contributed by atoms with Crippen molar-refractivity contribution >= 4 is 11.8 Å². The fourth-order valence-corrected chi connectivity index (χ4v) is 3.85. The van der Waals surface area contributed by atoms with E-state index in [1.54, 1.807) is 0 Å². The molecule has 0 spiro atoms. The van der Waals surface area contributed by atoms with Crippen molar-refractivity contribution < 1.29 is 9.26 Å². The largest absolute Gasteiger partial charge is 0.374 e. The fraction of sp³-hybridized carbons (Fsp3) is 0.609. The Hall–Kier alpha value is -1.26. The minimum atomic E-state index is 0.408. The Morgan fingerprint density at radius 2 is 1.74 bits per heavy atom. The van der Waals surface area contributed by atoms with Crippen LogP contribution in [0.1, 0.15) is 71.6 Å². The van der Waals surface area contributed by atoms with Crippen LogP contribution in [0.3, 0.4) is 0 Å². The molecule has 0 bridgehead atoms. The number of nitrogens with zero attached hydrogens (tertiary/aromatic N) is 1. The molecule has 2 unspecified atom stereocenters. The predicted octanol–water partition coefficient (Wildman–Crippen LogP) is 7.28. The number of rotatable bonds is 6. The second kappa shape index (κ2) is 13.8. The summed E-state index contributed by atoms with van der Waals surface area (Å²) in [5, 5.41) is 4.14. The van der Waals surface area contributed by atoms with Crippen molar-refractivity contribution in [2.45, 2.75) is 85.2 Å². The van der Waals surface area contributed by atoms with Crippen LogP contribution in [0.25, 0.3) is 11.3 Å². The van der Waals surface area contributed by atoms with Gasteiger partial charge in [-0.3, -0.25) is 0 Å². The molecule has 27 heavy (non-hydrogen) atoms. The lowest BCUT2D eigenvalue weighted by Crippen LogP contribution is -2.11. The number of ether oxygens (including phenoxy) is 1. The molecule has 1 aromatic carbocycles. The molecule has 3 rings (SSSR count). The van der Waals surface area contributed by atoms with Crippen LogP contribution in [0.4, 0.5) is 0 Å². The third kappa shape index (κ3) is 8.10. The zero-order valence-corrected chi connectivity index (χ0v) is 18.8. The van der Waals surface area contributed by atoms with Gasteiger partial charge >= 0.3 is 0 Å². The summed E-state index contributed by atoms with van der Waals surface area (Å²) in [6.07, 6.45) is 5.84. The second-order valence-corrected chi connectivity index (χ2v) is 7.63. The highest BCUT2D eigenvalue weighted by molar-refractivity contribution is 7.98. The van der Waals surface area contributed by atoms with Gasteiger partial charge in [-0.25, -0.2) is 0 Å². The van der Waals surface area contributed by atoms with Crippen LogP contribution in [0.2, 0.25) is 0 Å². The van der Waals surface area contributed by atoms with Gasteiger partial charge in [0.2, 0.25) is 0 Å². The van der Waals surface area contributed by atoms with E-state index in [9.17, 15) is 0 Å². The lowest BCUT2D eigenvalue weighted by molar-refractivity contribution is 0.0700. The molecular weight excluding hydrogens is 354 g/mol. The molecule has 0 amide bonds. The summed E-state index contributed by atoms with van der Waals surface area (Å²) in [4.78, 5) is 0. The third-order valence-corrected chi connectivity index (χ3v) is 5.49. The lowest BCUT2D eigenvalue weighted by Gasteiger charge is -2.10. The minimum Gasteiger partial charge on any atom is -0.374 e. The van der Waals surface area contributed by atoms with Crippen LogP contribution in [0.15, 0.2) is 34.9 Å². The predicted molar refractivity (Wildman–Crippen MR) is 118 cm³/mol. The van der Waals surface area contributed by atoms with Gasteiger partial charge in [0.25, 0.3) is 0 Å². The Bertz CT molecular complexity index is 610. The molecule has 1 fully saturated rings. The minimum absolute atomic E-state index is 0.408. The van der Waals surface area contributed by atoms with Gasteiger partial charge in [-0.15, -0.1) is 0 Å². The summed E-state index contributed by atoms with van der Waals surface area (Å²) in [5.74, 6) is 2.87. The Morgan fingerprint density at radius 1 is 1.07 bits per heavy atom. The van der Waals surface area contributed by atoms with Gasteiger partial charge in [0, 0.05) is 22.6 Å². The number of aromatic nitrogens is 1. The average Bonchev–Trinajstić information content (AvgIpc) is 3.30. The number of benzene rings is 1. The molecule has 4 heteroatoms. The monoisotopic (exact) mass is 391 g/mol. The van der Waals surface area contributed by atoms with E-state index in [0.717, 1.165) is 28.5 Å². The van der Waals surface area contributed by atoms with Gasteiger partial charge in [-0.2, -0.15) is 11.8 Å². The summed E-state index contributed by atoms with van der Waals surface area (Å²) in [6, 6.07) is 10.2. The van der Waals surface area contributed by atoms with E-state index in [1.807, 2.05) is 50.7 Å². The summed E-state index contributed by atoms with van der Waals surface area (Å²) < 4.78 is 11.4. The molecule has 1 saturated heterocycles. The number of thioether (sulfide) groups is 1. The number of aryl methyl sites for hydroxylation is 1. The van der Waals surface area contributed by atoms with Crippen molar-refractivity contribution in [2.24, 2.45) is 0 Å². The van der Waals surface area contributed by atoms with Crippen molar-refractivity contribution in [3.05, 3.63) is 41.6 Å². The van der Waals surface area contributed by atoms with Crippen LogP contribution in [0, 0.1) is 6.92 Å². The van der Waals surface area contributed by atoms with Crippen molar-refractivity contribution in [3.63, 3.8) is 0 Å². The van der Waals surface area contributed by atoms with Crippen molar-refractivity contribution in [1.82, 2.24) is 5.16 Å². The molecule has 2 atom stereocenters. The topological polar surface area (TPSA) is 35.3 Å². The molecule has 0 aliphatic carbocycles. The first-order chi connectivity index (χ1) is 13.2. The molecule has 0 N–H and O–H groups in total. The van der Waals surface area contributed by atoms with Crippen molar-refractivity contribution in [2.75, 3.05) is 5.75 Å². The second-order valence-electron chi connectivity index (χ2n) is 6.60. The molecule has 0 radical (unpaired) electrons. The van der Waals surface area contributed by atoms with Crippen molar-refractivity contribution in [1.29, 1.82) is 0 Å². The third-order valence-electron chi connectivity index (χ3n) is 4.39. The smallest absolute Gasteiger partial charge is 0.171 e. The highest BCUT2D eigenvalue weighted by atomic mass is 32.2. The van der Waals surface area contributed by atoms with E-state index in [0.29, 0.717) is 12.2 Å². The molecule has 2 aromatic rings. The van der Waals surface area contributed by atoms with Crippen LogP contribution in [-0.2, 0) is 10.5 Å². The van der Waals surface area contributed by atoms with Gasteiger partial charge in [-0.1, -0.05) is 76.0 Å². The summed E-state index contributed by atoms with van der Waals surface area (Å²) in [7, 11) is 0. The van der Waals surface area contributed by atoms with Crippen LogP contribution in [0.5, 0.6) is 0 Å². The van der Waals surface area contributed by atoms with Crippen LogP contribution >= 0.6 is 11.8 Å². The normalized spacial score (nSPS) is 18.3. The number of hydrogen-bond acceptors (Lipinski definition) is 4. The summed E-state index contributed by atoms with van der Waals surface area (Å²) in [5.41, 5.74) is 3.29. The maximum absolute atomic E-state index is 5.87. The molecule has 1 aromatic heterocycles. The van der Waals surface area contributed by atoms with Crippen LogP contribution in [-0.4, -0.2) is 23.1 Å². The first kappa shape index (κ1) is 23.8. The molecule has 1 aliphatic rings. The van der Waals surface area contributed by atoms with Gasteiger partial charge in [0.05, 0.1) is 17.9 Å². The van der Waals surface area contributed by atoms with Crippen molar-refractivity contribution in [3.8, 4) is 11.3 Å². The Morgan fingerprint density at radius 3 is 2.30 bits per heavy atom. The molecule has 152 valence electrons. The Labute approximate surface area is 170 Å². The fourth-order valence-electron chi connectivity index (χ4n) is 2.68.